The van der Waals surface area contributed by atoms with Crippen LogP contribution in [0.3, 0.4) is 0 Å². The van der Waals surface area contributed by atoms with Gasteiger partial charge in [-0.05, 0) is 69.3 Å². The first-order valence-electron chi connectivity index (χ1n) is 9.15. The van der Waals surface area contributed by atoms with Gasteiger partial charge in [0, 0.05) is 22.3 Å². The maximum Gasteiger partial charge on any atom is 0.238 e. The number of hydrogen-bond donors (Lipinski definition) is 2. The van der Waals surface area contributed by atoms with Crippen LogP contribution >= 0.6 is 11.6 Å². The molecule has 1 fully saturated rings. The molecule has 1 saturated heterocycles. The van der Waals surface area contributed by atoms with Crippen molar-refractivity contribution in [1.82, 2.24) is 4.90 Å². The molecule has 0 atom stereocenters. The molecule has 1 heterocycles. The topological polar surface area (TPSA) is 61.4 Å². The summed E-state index contributed by atoms with van der Waals surface area (Å²) < 4.78 is 0. The Morgan fingerprint density at radius 1 is 0.963 bits per heavy atom. The second-order valence-electron chi connectivity index (χ2n) is 6.96. The zero-order chi connectivity index (χ0) is 19.2. The van der Waals surface area contributed by atoms with E-state index in [-0.39, 0.29) is 17.7 Å². The lowest BCUT2D eigenvalue weighted by molar-refractivity contribution is -0.121. The first kappa shape index (κ1) is 19.4. The maximum absolute atomic E-state index is 12.4. The van der Waals surface area contributed by atoms with Gasteiger partial charge in [-0.3, -0.25) is 14.5 Å². The molecular formula is C21H24ClN3O2. The summed E-state index contributed by atoms with van der Waals surface area (Å²) in [7, 11) is 0. The van der Waals surface area contributed by atoms with Crippen molar-refractivity contribution in [2.24, 2.45) is 5.92 Å². The lowest BCUT2D eigenvalue weighted by atomic mass is 9.96. The summed E-state index contributed by atoms with van der Waals surface area (Å²) in [6, 6.07) is 14.9. The monoisotopic (exact) mass is 385 g/mol. The Hall–Kier alpha value is -2.37. The molecule has 0 aliphatic carbocycles. The fourth-order valence-corrected chi connectivity index (χ4v) is 3.30. The van der Waals surface area contributed by atoms with E-state index in [2.05, 4.69) is 15.5 Å². The van der Waals surface area contributed by atoms with Crippen LogP contribution in [-0.2, 0) is 9.59 Å². The van der Waals surface area contributed by atoms with E-state index in [1.807, 2.05) is 31.2 Å². The molecule has 6 heteroatoms. The lowest BCUT2D eigenvalue weighted by Gasteiger charge is -2.30. The van der Waals surface area contributed by atoms with Crippen molar-refractivity contribution in [3.8, 4) is 0 Å². The van der Waals surface area contributed by atoms with Gasteiger partial charge in [0.15, 0.2) is 0 Å². The van der Waals surface area contributed by atoms with E-state index < -0.39 is 0 Å². The van der Waals surface area contributed by atoms with Crippen LogP contribution in [0.5, 0.6) is 0 Å². The molecule has 2 amide bonds. The van der Waals surface area contributed by atoms with E-state index >= 15 is 0 Å². The number of amides is 2. The highest BCUT2D eigenvalue weighted by Crippen LogP contribution is 2.20. The number of hydrogen-bond acceptors (Lipinski definition) is 3. The molecule has 27 heavy (non-hydrogen) atoms. The van der Waals surface area contributed by atoms with Crippen LogP contribution < -0.4 is 10.6 Å². The highest BCUT2D eigenvalue weighted by atomic mass is 35.5. The van der Waals surface area contributed by atoms with Crippen LogP contribution in [0.15, 0.2) is 48.5 Å². The summed E-state index contributed by atoms with van der Waals surface area (Å²) in [6.45, 7) is 3.83. The number of piperidine rings is 1. The number of benzene rings is 2. The standard InChI is InChI=1S/C21H24ClN3O2/c1-15-2-6-18(7-3-15)23-20(26)14-25-12-10-16(11-13-25)21(27)24-19-8-4-17(22)5-9-19/h2-9,16H,10-14H2,1H3,(H,23,26)(H,24,27). The Balaban J connectivity index is 1.42. The molecule has 0 aromatic heterocycles. The molecule has 0 unspecified atom stereocenters. The van der Waals surface area contributed by atoms with Gasteiger partial charge in [0.25, 0.3) is 0 Å². The Bertz CT molecular complexity index is 782. The first-order valence-corrected chi connectivity index (χ1v) is 9.53. The normalized spacial score (nSPS) is 15.3. The fraction of sp³-hybridized carbons (Fsp3) is 0.333. The third-order valence-corrected chi connectivity index (χ3v) is 5.02. The number of anilines is 2. The second kappa shape index (κ2) is 9.02. The average Bonchev–Trinajstić information content (AvgIpc) is 2.66. The molecular weight excluding hydrogens is 362 g/mol. The summed E-state index contributed by atoms with van der Waals surface area (Å²) in [6.07, 6.45) is 1.49. The quantitative estimate of drug-likeness (QED) is 0.819. The molecule has 3 rings (SSSR count). The van der Waals surface area contributed by atoms with Crippen molar-refractivity contribution in [3.05, 3.63) is 59.1 Å². The van der Waals surface area contributed by atoms with E-state index in [9.17, 15) is 9.59 Å². The molecule has 0 radical (unpaired) electrons. The molecule has 0 saturated carbocycles. The number of nitrogens with zero attached hydrogens (tertiary/aromatic N) is 1. The number of nitrogens with one attached hydrogen (secondary N) is 2. The van der Waals surface area contributed by atoms with Crippen molar-refractivity contribution in [3.63, 3.8) is 0 Å². The minimum Gasteiger partial charge on any atom is -0.326 e. The highest BCUT2D eigenvalue weighted by molar-refractivity contribution is 6.30. The van der Waals surface area contributed by atoms with E-state index in [0.29, 0.717) is 11.6 Å². The van der Waals surface area contributed by atoms with Gasteiger partial charge < -0.3 is 10.6 Å². The zero-order valence-corrected chi connectivity index (χ0v) is 16.1. The van der Waals surface area contributed by atoms with Gasteiger partial charge in [-0.2, -0.15) is 0 Å². The Kier molecular flexibility index (Phi) is 6.48. The number of carbonyl (C=O) groups excluding carboxylic acids is 2. The summed E-state index contributed by atoms with van der Waals surface area (Å²) in [5, 5.41) is 6.50. The minimum atomic E-state index is -0.0305. The van der Waals surface area contributed by atoms with Crippen molar-refractivity contribution < 1.29 is 9.59 Å². The molecule has 142 valence electrons. The first-order chi connectivity index (χ1) is 13.0. The summed E-state index contributed by atoms with van der Waals surface area (Å²) in [4.78, 5) is 26.7. The third kappa shape index (κ3) is 5.81. The molecule has 1 aliphatic heterocycles. The summed E-state index contributed by atoms with van der Waals surface area (Å²) >= 11 is 5.86. The van der Waals surface area contributed by atoms with Gasteiger partial charge in [-0.1, -0.05) is 29.3 Å². The van der Waals surface area contributed by atoms with Crippen LogP contribution in [-0.4, -0.2) is 36.3 Å². The largest absolute Gasteiger partial charge is 0.326 e. The van der Waals surface area contributed by atoms with Gasteiger partial charge in [-0.15, -0.1) is 0 Å². The third-order valence-electron chi connectivity index (χ3n) is 4.77. The van der Waals surface area contributed by atoms with E-state index in [1.54, 1.807) is 24.3 Å². The van der Waals surface area contributed by atoms with Gasteiger partial charge in [0.1, 0.15) is 0 Å². The van der Waals surface area contributed by atoms with E-state index in [1.165, 1.54) is 0 Å². The molecule has 2 N–H and O–H groups in total. The maximum atomic E-state index is 12.4. The van der Waals surface area contributed by atoms with E-state index in [0.717, 1.165) is 42.9 Å². The van der Waals surface area contributed by atoms with Crippen LogP contribution in [0.2, 0.25) is 5.02 Å². The molecule has 0 bridgehead atoms. The van der Waals surface area contributed by atoms with Crippen molar-refractivity contribution in [1.29, 1.82) is 0 Å². The Morgan fingerprint density at radius 3 is 2.15 bits per heavy atom. The Labute approximate surface area is 164 Å². The molecule has 2 aromatic carbocycles. The van der Waals surface area contributed by atoms with Crippen molar-refractivity contribution in [2.45, 2.75) is 19.8 Å². The molecule has 2 aromatic rings. The number of rotatable bonds is 5. The number of halogens is 1. The predicted molar refractivity (Wildman–Crippen MR) is 109 cm³/mol. The van der Waals surface area contributed by atoms with Crippen LogP contribution in [0.4, 0.5) is 11.4 Å². The summed E-state index contributed by atoms with van der Waals surface area (Å²) in [5.41, 5.74) is 2.72. The predicted octanol–water partition coefficient (Wildman–Crippen LogP) is 3.94. The fourth-order valence-electron chi connectivity index (χ4n) is 3.17. The van der Waals surface area contributed by atoms with Crippen LogP contribution in [0.25, 0.3) is 0 Å². The second-order valence-corrected chi connectivity index (χ2v) is 7.40. The van der Waals surface area contributed by atoms with Gasteiger partial charge in [0.05, 0.1) is 6.54 Å². The Morgan fingerprint density at radius 2 is 1.52 bits per heavy atom. The van der Waals surface area contributed by atoms with Crippen LogP contribution in [0, 0.1) is 12.8 Å². The molecule has 1 aliphatic rings. The van der Waals surface area contributed by atoms with Crippen LogP contribution in [0.1, 0.15) is 18.4 Å². The van der Waals surface area contributed by atoms with E-state index in [4.69, 9.17) is 11.6 Å². The molecule has 5 nitrogen and oxygen atoms in total. The molecule has 0 spiro atoms. The highest BCUT2D eigenvalue weighted by Gasteiger charge is 2.26. The van der Waals surface area contributed by atoms with Crippen molar-refractivity contribution in [2.75, 3.05) is 30.3 Å². The average molecular weight is 386 g/mol. The smallest absolute Gasteiger partial charge is 0.238 e. The van der Waals surface area contributed by atoms with Crippen molar-refractivity contribution >= 4 is 34.8 Å². The van der Waals surface area contributed by atoms with Gasteiger partial charge in [0.2, 0.25) is 11.8 Å². The number of likely N-dealkylation sites (tertiary alicyclic amines) is 1. The SMILES string of the molecule is Cc1ccc(NC(=O)CN2CCC(C(=O)Nc3ccc(Cl)cc3)CC2)cc1. The number of carbonyl (C=O) groups is 2. The zero-order valence-electron chi connectivity index (χ0n) is 15.4. The summed E-state index contributed by atoms with van der Waals surface area (Å²) in [5.74, 6) is -0.0268. The van der Waals surface area contributed by atoms with Gasteiger partial charge >= 0.3 is 0 Å². The minimum absolute atomic E-state index is 0.0251. The van der Waals surface area contributed by atoms with Gasteiger partial charge in [-0.25, -0.2) is 0 Å². The lowest BCUT2D eigenvalue weighted by Crippen LogP contribution is -2.41. The number of aryl methyl sites for hydroxylation is 1.